The summed E-state index contributed by atoms with van der Waals surface area (Å²) in [5.41, 5.74) is 1.27. The lowest BCUT2D eigenvalue weighted by Crippen LogP contribution is -2.15. The number of nitrogens with one attached hydrogen (secondary N) is 1. The second kappa shape index (κ2) is 8.47. The number of hydrogen-bond acceptors (Lipinski definition) is 4. The van der Waals surface area contributed by atoms with Gasteiger partial charge >= 0.3 is 0 Å². The van der Waals surface area contributed by atoms with E-state index >= 15 is 0 Å². The molecule has 6 nitrogen and oxygen atoms in total. The average Bonchev–Trinajstić information content (AvgIpc) is 2.64. The molecule has 0 unspecified atom stereocenters. The summed E-state index contributed by atoms with van der Waals surface area (Å²) in [5.74, 6) is 0. The molecule has 0 spiro atoms. The molecule has 0 aliphatic rings. The van der Waals surface area contributed by atoms with Crippen LogP contribution in [0.3, 0.4) is 0 Å². The molecule has 3 aromatic rings. The van der Waals surface area contributed by atoms with Crippen LogP contribution in [0.2, 0.25) is 10.0 Å². The molecular weight excluding hydrogens is 467 g/mol. The van der Waals surface area contributed by atoms with Crippen molar-refractivity contribution in [3.8, 4) is 0 Å². The Bertz CT molecular complexity index is 1190. The van der Waals surface area contributed by atoms with Crippen molar-refractivity contribution in [2.24, 2.45) is 0 Å². The van der Waals surface area contributed by atoms with E-state index in [1.54, 1.807) is 26.0 Å². The maximum Gasteiger partial charge on any atom is 0.262 e. The van der Waals surface area contributed by atoms with E-state index in [-0.39, 0.29) is 15.5 Å². The van der Waals surface area contributed by atoms with Gasteiger partial charge in [0.15, 0.2) is 0 Å². The van der Waals surface area contributed by atoms with Crippen LogP contribution in [0.25, 0.3) is 4.72 Å². The summed E-state index contributed by atoms with van der Waals surface area (Å²) in [7, 11) is -8.21. The molecule has 158 valence electrons. The lowest BCUT2D eigenvalue weighted by molar-refractivity contribution is 0.599. The topological polar surface area (TPSA) is 94.4 Å². The van der Waals surface area contributed by atoms with E-state index in [1.165, 1.54) is 42.5 Å². The summed E-state index contributed by atoms with van der Waals surface area (Å²) >= 11 is 11.6. The minimum Gasteiger partial charge on any atom is -0.573 e. The highest BCUT2D eigenvalue weighted by molar-refractivity contribution is 7.94. The smallest absolute Gasteiger partial charge is 0.262 e. The fourth-order valence-electron chi connectivity index (χ4n) is 2.80. The van der Waals surface area contributed by atoms with Crippen LogP contribution in [0.15, 0.2) is 70.5 Å². The van der Waals surface area contributed by atoms with Crippen molar-refractivity contribution in [2.45, 2.75) is 23.6 Å². The van der Waals surface area contributed by atoms with E-state index in [2.05, 4.69) is 9.44 Å². The highest BCUT2D eigenvalue weighted by Gasteiger charge is 2.21. The second-order valence-corrected chi connectivity index (χ2v) is 10.6. The van der Waals surface area contributed by atoms with Crippen LogP contribution < -0.4 is 4.72 Å². The molecule has 0 fully saturated rings. The van der Waals surface area contributed by atoms with E-state index in [4.69, 9.17) is 23.2 Å². The van der Waals surface area contributed by atoms with Crippen molar-refractivity contribution in [2.75, 3.05) is 4.72 Å². The summed E-state index contributed by atoms with van der Waals surface area (Å²) in [4.78, 5) is -0.354. The molecule has 3 aromatic carbocycles. The molecule has 0 aliphatic heterocycles. The van der Waals surface area contributed by atoms with E-state index in [9.17, 15) is 16.8 Å². The molecule has 0 amide bonds. The van der Waals surface area contributed by atoms with Crippen molar-refractivity contribution >= 4 is 54.6 Å². The molecule has 30 heavy (non-hydrogen) atoms. The normalized spacial score (nSPS) is 11.9. The van der Waals surface area contributed by atoms with Crippen molar-refractivity contribution in [1.29, 1.82) is 0 Å². The quantitative estimate of drug-likeness (QED) is 0.478. The van der Waals surface area contributed by atoms with Gasteiger partial charge in [-0.25, -0.2) is 16.8 Å². The van der Waals surface area contributed by atoms with Crippen LogP contribution in [0.1, 0.15) is 11.1 Å². The van der Waals surface area contributed by atoms with E-state index < -0.39 is 20.0 Å². The second-order valence-electron chi connectivity index (χ2n) is 6.54. The third-order valence-electron chi connectivity index (χ3n) is 4.19. The Morgan fingerprint density at radius 2 is 1.23 bits per heavy atom. The molecule has 3 rings (SSSR count). The number of nitrogens with zero attached hydrogens (tertiary/aromatic N) is 1. The highest BCUT2D eigenvalue weighted by Crippen LogP contribution is 2.33. The molecule has 1 N–H and O–H groups in total. The van der Waals surface area contributed by atoms with Crippen LogP contribution in [-0.4, -0.2) is 16.8 Å². The van der Waals surface area contributed by atoms with E-state index in [0.717, 1.165) is 6.07 Å². The first-order chi connectivity index (χ1) is 14.0. The Balaban J connectivity index is 2.00. The molecule has 0 atom stereocenters. The predicted molar refractivity (Wildman–Crippen MR) is 120 cm³/mol. The molecular formula is C20H17Cl2N2O4S2-. The van der Waals surface area contributed by atoms with Gasteiger partial charge < -0.3 is 4.72 Å². The Kier molecular flexibility index (Phi) is 6.33. The van der Waals surface area contributed by atoms with Gasteiger partial charge in [0.05, 0.1) is 9.79 Å². The first-order valence-corrected chi connectivity index (χ1v) is 12.3. The van der Waals surface area contributed by atoms with Gasteiger partial charge in [0.1, 0.15) is 10.0 Å². The van der Waals surface area contributed by atoms with Gasteiger partial charge in [-0.1, -0.05) is 41.4 Å². The number of anilines is 1. The van der Waals surface area contributed by atoms with Gasteiger partial charge in [-0.15, -0.1) is 5.69 Å². The summed E-state index contributed by atoms with van der Waals surface area (Å²) in [6, 6.07) is 14.7. The zero-order chi connectivity index (χ0) is 22.1. The summed E-state index contributed by atoms with van der Waals surface area (Å²) < 4.78 is 57.8. The van der Waals surface area contributed by atoms with E-state index in [0.29, 0.717) is 26.9 Å². The Morgan fingerprint density at radius 1 is 0.733 bits per heavy atom. The number of benzene rings is 3. The first kappa shape index (κ1) is 22.4. The summed E-state index contributed by atoms with van der Waals surface area (Å²) in [6.45, 7) is 3.18. The zero-order valence-electron chi connectivity index (χ0n) is 15.9. The lowest BCUT2D eigenvalue weighted by Gasteiger charge is -2.24. The molecule has 10 heteroatoms. The molecule has 0 radical (unpaired) electrons. The maximum atomic E-state index is 12.9. The van der Waals surface area contributed by atoms with Gasteiger partial charge in [0, 0.05) is 15.7 Å². The predicted octanol–water partition coefficient (Wildman–Crippen LogP) is 5.81. The van der Waals surface area contributed by atoms with Crippen LogP contribution in [0.4, 0.5) is 11.4 Å². The molecule has 0 heterocycles. The molecule has 0 aromatic heterocycles. The fraction of sp³-hybridized carbons (Fsp3) is 0.100. The minimum absolute atomic E-state index is 0.159. The maximum absolute atomic E-state index is 12.9. The Morgan fingerprint density at radius 3 is 1.80 bits per heavy atom. The van der Waals surface area contributed by atoms with Gasteiger partial charge in [0.2, 0.25) is 0 Å². The zero-order valence-corrected chi connectivity index (χ0v) is 19.1. The highest BCUT2D eigenvalue weighted by atomic mass is 35.5. The van der Waals surface area contributed by atoms with Gasteiger partial charge in [0.25, 0.3) is 10.0 Å². The van der Waals surface area contributed by atoms with Crippen molar-refractivity contribution < 1.29 is 16.8 Å². The Labute approximate surface area is 186 Å². The number of sulfonamides is 2. The third-order valence-corrected chi connectivity index (χ3v) is 7.66. The van der Waals surface area contributed by atoms with Crippen molar-refractivity contribution in [3.05, 3.63) is 86.6 Å². The van der Waals surface area contributed by atoms with Crippen LogP contribution in [0.5, 0.6) is 0 Å². The molecule has 0 aliphatic carbocycles. The number of hydrogen-bond donors (Lipinski definition) is 1. The standard InChI is InChI=1S/C20H17Cl2N2O4S2/c1-13-11-14(2)20(30(27,28)24-18-9-5-16(22)6-10-18)12-19(13)29(25,26)23-17-7-3-15(21)4-8-17/h3-12,23H,1-2H3/q-1. The van der Waals surface area contributed by atoms with Gasteiger partial charge in [-0.05, 0) is 67.4 Å². The van der Waals surface area contributed by atoms with Gasteiger partial charge in [-0.2, -0.15) is 0 Å². The van der Waals surface area contributed by atoms with Crippen LogP contribution in [-0.2, 0) is 20.0 Å². The van der Waals surface area contributed by atoms with Crippen molar-refractivity contribution in [3.63, 3.8) is 0 Å². The summed E-state index contributed by atoms with van der Waals surface area (Å²) in [6.07, 6.45) is 0. The third kappa shape index (κ3) is 5.07. The first-order valence-electron chi connectivity index (χ1n) is 8.61. The fourth-order valence-corrected chi connectivity index (χ4v) is 5.67. The van der Waals surface area contributed by atoms with E-state index in [1.807, 2.05) is 0 Å². The number of halogens is 2. The monoisotopic (exact) mass is 483 g/mol. The number of rotatable bonds is 6. The van der Waals surface area contributed by atoms with Crippen LogP contribution in [0, 0.1) is 13.8 Å². The number of aryl methyl sites for hydroxylation is 2. The lowest BCUT2D eigenvalue weighted by atomic mass is 10.2. The van der Waals surface area contributed by atoms with Gasteiger partial charge in [-0.3, -0.25) is 4.72 Å². The minimum atomic E-state index is -4.16. The molecule has 0 bridgehead atoms. The SMILES string of the molecule is Cc1cc(C)c(S(=O)(=O)Nc2ccc(Cl)cc2)cc1S(=O)(=O)[N-]c1ccc(Cl)cc1. The summed E-state index contributed by atoms with van der Waals surface area (Å²) in [5, 5.41) is 0.904. The Hall–Kier alpha value is -2.26. The largest absolute Gasteiger partial charge is 0.573 e. The average molecular weight is 484 g/mol. The van der Waals surface area contributed by atoms with Crippen LogP contribution >= 0.6 is 23.2 Å². The molecule has 0 saturated heterocycles. The van der Waals surface area contributed by atoms with Crippen molar-refractivity contribution in [1.82, 2.24) is 0 Å². The molecule has 0 saturated carbocycles.